The molecule has 3 nitrogen and oxygen atoms in total. The highest BCUT2D eigenvalue weighted by molar-refractivity contribution is 7.99. The van der Waals surface area contributed by atoms with Crippen molar-refractivity contribution in [1.82, 2.24) is 0 Å². The first-order valence-corrected chi connectivity index (χ1v) is 7.12. The van der Waals surface area contributed by atoms with Crippen LogP contribution in [0.2, 0.25) is 0 Å². The summed E-state index contributed by atoms with van der Waals surface area (Å²) >= 11 is 1.26. The zero-order valence-corrected chi connectivity index (χ0v) is 11.5. The number of carbonyl (C=O) groups is 1. The van der Waals surface area contributed by atoms with E-state index in [1.54, 1.807) is 18.2 Å². The number of pyridine rings is 1. The topological polar surface area (TPSA) is 44.0 Å². The Kier molecular flexibility index (Phi) is 4.58. The minimum absolute atomic E-state index is 0.0384. The maximum absolute atomic E-state index is 12.0. The lowest BCUT2D eigenvalue weighted by Crippen LogP contribution is -2.28. The van der Waals surface area contributed by atoms with E-state index in [0.29, 0.717) is 10.6 Å². The van der Waals surface area contributed by atoms with Crippen molar-refractivity contribution in [2.75, 3.05) is 5.75 Å². The summed E-state index contributed by atoms with van der Waals surface area (Å²) < 4.78 is 0.776. The zero-order valence-electron chi connectivity index (χ0n) is 10.7. The zero-order chi connectivity index (χ0) is 13.7. The van der Waals surface area contributed by atoms with Crippen LogP contribution in [-0.2, 0) is 6.42 Å². The summed E-state index contributed by atoms with van der Waals surface area (Å²) in [6.45, 7) is 2.08. The summed E-state index contributed by atoms with van der Waals surface area (Å²) in [7, 11) is 0. The van der Waals surface area contributed by atoms with Crippen molar-refractivity contribution in [3.63, 3.8) is 0 Å². The quantitative estimate of drug-likeness (QED) is 0.364. The van der Waals surface area contributed by atoms with Gasteiger partial charge in [-0.3, -0.25) is 4.79 Å². The summed E-state index contributed by atoms with van der Waals surface area (Å²) in [4.78, 5) is 12.0. The van der Waals surface area contributed by atoms with Crippen molar-refractivity contribution in [2.45, 2.75) is 18.4 Å². The van der Waals surface area contributed by atoms with Gasteiger partial charge in [0.15, 0.2) is 12.0 Å². The van der Waals surface area contributed by atoms with Gasteiger partial charge in [-0.05, 0) is 29.8 Å². The third-order valence-corrected chi connectivity index (χ3v) is 3.84. The van der Waals surface area contributed by atoms with E-state index in [9.17, 15) is 10.0 Å². The van der Waals surface area contributed by atoms with Crippen molar-refractivity contribution in [3.05, 3.63) is 65.0 Å². The summed E-state index contributed by atoms with van der Waals surface area (Å²) in [5, 5.41) is 12.0. The van der Waals surface area contributed by atoms with Crippen LogP contribution in [0.4, 0.5) is 0 Å². The third-order valence-electron chi connectivity index (χ3n) is 2.82. The molecule has 0 aliphatic rings. The molecule has 0 spiro atoms. The van der Waals surface area contributed by atoms with Crippen LogP contribution in [0, 0.1) is 5.21 Å². The fraction of sp³-hybridized carbons (Fsp3) is 0.200. The normalized spacial score (nSPS) is 10.4. The Morgan fingerprint density at radius 3 is 2.58 bits per heavy atom. The first kappa shape index (κ1) is 13.6. The summed E-state index contributed by atoms with van der Waals surface area (Å²) in [5.74, 6) is 0.314. The first-order chi connectivity index (χ1) is 9.20. The summed E-state index contributed by atoms with van der Waals surface area (Å²) in [6, 6.07) is 12.8. The van der Waals surface area contributed by atoms with Crippen molar-refractivity contribution in [3.8, 4) is 0 Å². The van der Waals surface area contributed by atoms with Crippen LogP contribution >= 0.6 is 11.8 Å². The number of nitrogens with zero attached hydrogens (tertiary/aromatic N) is 1. The second-order valence-electron chi connectivity index (χ2n) is 4.13. The predicted molar refractivity (Wildman–Crippen MR) is 76.3 cm³/mol. The van der Waals surface area contributed by atoms with Gasteiger partial charge in [-0.2, -0.15) is 4.73 Å². The second kappa shape index (κ2) is 6.38. The number of thioether (sulfide) groups is 1. The molecule has 0 aliphatic carbocycles. The van der Waals surface area contributed by atoms with Gasteiger partial charge in [0.05, 0.1) is 5.75 Å². The molecule has 1 aromatic carbocycles. The first-order valence-electron chi connectivity index (χ1n) is 6.14. The predicted octanol–water partition coefficient (Wildman–Crippen LogP) is 2.86. The molecule has 0 saturated heterocycles. The standard InChI is InChI=1S/C15H15NO2S/c1-2-12-6-8-13(9-7-12)14(17)11-19-15-5-3-4-10-16(15)18/h3-10H,2,11H2,1H3. The Hall–Kier alpha value is -1.81. The molecule has 2 aromatic rings. The van der Waals surface area contributed by atoms with Gasteiger partial charge in [0, 0.05) is 17.7 Å². The van der Waals surface area contributed by atoms with Gasteiger partial charge < -0.3 is 5.21 Å². The Bertz CT molecular complexity index is 567. The molecule has 0 N–H and O–H groups in total. The molecule has 4 heteroatoms. The van der Waals surface area contributed by atoms with Crippen LogP contribution in [0.3, 0.4) is 0 Å². The van der Waals surface area contributed by atoms with Crippen molar-refractivity contribution in [2.24, 2.45) is 0 Å². The molecule has 0 aliphatic heterocycles. The lowest BCUT2D eigenvalue weighted by molar-refractivity contribution is -0.645. The number of Topliss-reactive ketones (excluding diaryl/α,β-unsaturated/α-hetero) is 1. The molecule has 0 unspecified atom stereocenters. The fourth-order valence-electron chi connectivity index (χ4n) is 1.67. The number of carbonyl (C=O) groups excluding carboxylic acids is 1. The van der Waals surface area contributed by atoms with Crippen LogP contribution in [0.15, 0.2) is 53.7 Å². The van der Waals surface area contributed by atoms with E-state index in [2.05, 4.69) is 6.92 Å². The van der Waals surface area contributed by atoms with E-state index in [1.807, 2.05) is 24.3 Å². The van der Waals surface area contributed by atoms with Gasteiger partial charge in [-0.1, -0.05) is 31.2 Å². The Morgan fingerprint density at radius 1 is 1.21 bits per heavy atom. The number of aromatic nitrogens is 1. The van der Waals surface area contributed by atoms with Crippen LogP contribution < -0.4 is 4.73 Å². The molecule has 0 saturated carbocycles. The van der Waals surface area contributed by atoms with Gasteiger partial charge in [0.2, 0.25) is 0 Å². The number of hydrogen-bond acceptors (Lipinski definition) is 3. The van der Waals surface area contributed by atoms with E-state index < -0.39 is 0 Å². The van der Waals surface area contributed by atoms with E-state index in [0.717, 1.165) is 11.2 Å². The van der Waals surface area contributed by atoms with Crippen LogP contribution in [-0.4, -0.2) is 11.5 Å². The van der Waals surface area contributed by atoms with E-state index in [4.69, 9.17) is 0 Å². The molecule has 1 heterocycles. The molecule has 19 heavy (non-hydrogen) atoms. The highest BCUT2D eigenvalue weighted by atomic mass is 32.2. The van der Waals surface area contributed by atoms with E-state index in [1.165, 1.54) is 23.5 Å². The number of ketones is 1. The average Bonchev–Trinajstić information content (AvgIpc) is 2.46. The maximum atomic E-state index is 12.0. The van der Waals surface area contributed by atoms with Gasteiger partial charge in [0.25, 0.3) is 5.03 Å². The molecule has 0 amide bonds. The third kappa shape index (κ3) is 3.58. The number of hydrogen-bond donors (Lipinski definition) is 0. The molecule has 2 rings (SSSR count). The number of benzene rings is 1. The molecule has 0 radical (unpaired) electrons. The van der Waals surface area contributed by atoms with Crippen LogP contribution in [0.25, 0.3) is 0 Å². The van der Waals surface area contributed by atoms with E-state index in [-0.39, 0.29) is 11.5 Å². The molecule has 1 aromatic heterocycles. The van der Waals surface area contributed by atoms with Crippen molar-refractivity contribution >= 4 is 17.5 Å². The minimum atomic E-state index is 0.0384. The lowest BCUT2D eigenvalue weighted by Gasteiger charge is -2.03. The van der Waals surface area contributed by atoms with E-state index >= 15 is 0 Å². The molecule has 98 valence electrons. The summed E-state index contributed by atoms with van der Waals surface area (Å²) in [5.41, 5.74) is 1.91. The Labute approximate surface area is 116 Å². The minimum Gasteiger partial charge on any atom is -0.618 e. The lowest BCUT2D eigenvalue weighted by atomic mass is 10.1. The maximum Gasteiger partial charge on any atom is 0.251 e. The number of aryl methyl sites for hydroxylation is 1. The van der Waals surface area contributed by atoms with Gasteiger partial charge >= 0.3 is 0 Å². The Morgan fingerprint density at radius 2 is 1.95 bits per heavy atom. The summed E-state index contributed by atoms with van der Waals surface area (Å²) in [6.07, 6.45) is 2.40. The average molecular weight is 273 g/mol. The monoisotopic (exact) mass is 273 g/mol. The molecule has 0 atom stereocenters. The highest BCUT2D eigenvalue weighted by Crippen LogP contribution is 2.15. The molecule has 0 fully saturated rings. The van der Waals surface area contributed by atoms with Gasteiger partial charge in [-0.15, -0.1) is 0 Å². The smallest absolute Gasteiger partial charge is 0.251 e. The number of rotatable bonds is 5. The van der Waals surface area contributed by atoms with Crippen LogP contribution in [0.1, 0.15) is 22.8 Å². The Balaban J connectivity index is 1.99. The van der Waals surface area contributed by atoms with Gasteiger partial charge in [-0.25, -0.2) is 0 Å². The molecular formula is C15H15NO2S. The molecular weight excluding hydrogens is 258 g/mol. The van der Waals surface area contributed by atoms with Crippen molar-refractivity contribution in [1.29, 1.82) is 0 Å². The van der Waals surface area contributed by atoms with Crippen LogP contribution in [0.5, 0.6) is 0 Å². The molecule has 0 bridgehead atoms. The SMILES string of the molecule is CCc1ccc(C(=O)CSc2cccc[n+]2[O-])cc1. The fourth-order valence-corrected chi connectivity index (χ4v) is 2.48. The van der Waals surface area contributed by atoms with Gasteiger partial charge in [0.1, 0.15) is 0 Å². The second-order valence-corrected chi connectivity index (χ2v) is 5.12. The highest BCUT2D eigenvalue weighted by Gasteiger charge is 2.10. The van der Waals surface area contributed by atoms with Crippen molar-refractivity contribution < 1.29 is 9.52 Å². The largest absolute Gasteiger partial charge is 0.618 e.